The van der Waals surface area contributed by atoms with E-state index in [1.165, 1.54) is 6.42 Å². The highest BCUT2D eigenvalue weighted by atomic mass is 16.5. The van der Waals surface area contributed by atoms with Gasteiger partial charge >= 0.3 is 0 Å². The average Bonchev–Trinajstić information content (AvgIpc) is 2.34. The summed E-state index contributed by atoms with van der Waals surface area (Å²) in [5.41, 5.74) is 0.901. The summed E-state index contributed by atoms with van der Waals surface area (Å²) in [6, 6.07) is 7.66. The summed E-state index contributed by atoms with van der Waals surface area (Å²) < 4.78 is 5.72. The van der Waals surface area contributed by atoms with E-state index < -0.39 is 0 Å². The van der Waals surface area contributed by atoms with Crippen molar-refractivity contribution in [1.82, 2.24) is 0 Å². The average molecular weight is 236 g/mol. The molecule has 0 aliphatic heterocycles. The Morgan fingerprint density at radius 3 is 2.65 bits per heavy atom. The predicted molar refractivity (Wildman–Crippen MR) is 71.1 cm³/mol. The Balaban J connectivity index is 2.39. The number of ether oxygens (including phenoxy) is 1. The molecule has 0 aliphatic carbocycles. The van der Waals surface area contributed by atoms with Gasteiger partial charge in [0.1, 0.15) is 5.75 Å². The van der Waals surface area contributed by atoms with Crippen LogP contribution in [0.3, 0.4) is 0 Å². The third-order valence-electron chi connectivity index (χ3n) is 3.31. The quantitative estimate of drug-likeness (QED) is 0.783. The van der Waals surface area contributed by atoms with Gasteiger partial charge < -0.3 is 9.84 Å². The number of benzene rings is 1. The minimum absolute atomic E-state index is 0.0702. The summed E-state index contributed by atoms with van der Waals surface area (Å²) in [6.45, 7) is 7.59. The van der Waals surface area contributed by atoms with Crippen molar-refractivity contribution < 1.29 is 9.84 Å². The Kier molecular flexibility index (Phi) is 6.06. The molecule has 0 spiro atoms. The molecule has 0 aromatic heterocycles. The summed E-state index contributed by atoms with van der Waals surface area (Å²) in [5, 5.41) is 9.03. The highest BCUT2D eigenvalue weighted by Gasteiger charge is 2.10. The summed E-state index contributed by atoms with van der Waals surface area (Å²) >= 11 is 0. The van der Waals surface area contributed by atoms with E-state index in [0.29, 0.717) is 5.92 Å². The first-order valence-electron chi connectivity index (χ1n) is 6.50. The lowest BCUT2D eigenvalue weighted by atomic mass is 9.91. The standard InChI is InChI=1S/C15H24O2/c1-4-14(12(2)3)8-9-17-15-7-5-6-13(10-15)11-16/h5-7,10,12,14,16H,4,8-9,11H2,1-3H3. The van der Waals surface area contributed by atoms with Gasteiger partial charge in [0.05, 0.1) is 13.2 Å². The summed E-state index contributed by atoms with van der Waals surface area (Å²) in [6.07, 6.45) is 2.30. The summed E-state index contributed by atoms with van der Waals surface area (Å²) in [7, 11) is 0. The molecule has 1 aromatic carbocycles. The van der Waals surface area contributed by atoms with Crippen LogP contribution in [0.1, 0.15) is 39.2 Å². The fourth-order valence-electron chi connectivity index (χ4n) is 2.07. The smallest absolute Gasteiger partial charge is 0.119 e. The summed E-state index contributed by atoms with van der Waals surface area (Å²) in [4.78, 5) is 0. The molecule has 1 N–H and O–H groups in total. The van der Waals surface area contributed by atoms with Crippen molar-refractivity contribution >= 4 is 0 Å². The van der Waals surface area contributed by atoms with Crippen LogP contribution in [-0.4, -0.2) is 11.7 Å². The van der Waals surface area contributed by atoms with E-state index in [2.05, 4.69) is 20.8 Å². The maximum Gasteiger partial charge on any atom is 0.119 e. The Hall–Kier alpha value is -1.02. The topological polar surface area (TPSA) is 29.5 Å². The molecule has 17 heavy (non-hydrogen) atoms. The highest BCUT2D eigenvalue weighted by molar-refractivity contribution is 5.27. The molecule has 96 valence electrons. The maximum absolute atomic E-state index is 9.03. The molecular weight excluding hydrogens is 212 g/mol. The van der Waals surface area contributed by atoms with E-state index in [9.17, 15) is 0 Å². The number of aliphatic hydroxyl groups excluding tert-OH is 1. The zero-order chi connectivity index (χ0) is 12.7. The van der Waals surface area contributed by atoms with E-state index in [4.69, 9.17) is 9.84 Å². The second-order valence-electron chi connectivity index (χ2n) is 4.86. The van der Waals surface area contributed by atoms with Crippen molar-refractivity contribution in [3.63, 3.8) is 0 Å². The van der Waals surface area contributed by atoms with Crippen LogP contribution in [0.4, 0.5) is 0 Å². The number of hydrogen-bond donors (Lipinski definition) is 1. The monoisotopic (exact) mass is 236 g/mol. The van der Waals surface area contributed by atoms with Crippen LogP contribution in [0, 0.1) is 11.8 Å². The molecule has 0 aliphatic rings. The van der Waals surface area contributed by atoms with Gasteiger partial charge in [-0.25, -0.2) is 0 Å². The molecular formula is C15H24O2. The van der Waals surface area contributed by atoms with Crippen LogP contribution >= 0.6 is 0 Å². The van der Waals surface area contributed by atoms with Crippen LogP contribution in [0.25, 0.3) is 0 Å². The van der Waals surface area contributed by atoms with E-state index in [1.54, 1.807) is 0 Å². The minimum Gasteiger partial charge on any atom is -0.494 e. The lowest BCUT2D eigenvalue weighted by Gasteiger charge is -2.19. The molecule has 0 heterocycles. The van der Waals surface area contributed by atoms with Crippen molar-refractivity contribution in [3.05, 3.63) is 29.8 Å². The molecule has 0 amide bonds. The van der Waals surface area contributed by atoms with E-state index in [-0.39, 0.29) is 6.61 Å². The zero-order valence-electron chi connectivity index (χ0n) is 11.1. The first kappa shape index (κ1) is 14.0. The molecule has 1 aromatic rings. The van der Waals surface area contributed by atoms with E-state index in [1.807, 2.05) is 24.3 Å². The minimum atomic E-state index is 0.0702. The van der Waals surface area contributed by atoms with E-state index >= 15 is 0 Å². The molecule has 1 rings (SSSR count). The van der Waals surface area contributed by atoms with Crippen LogP contribution in [0.5, 0.6) is 5.75 Å². The Morgan fingerprint density at radius 2 is 2.06 bits per heavy atom. The zero-order valence-corrected chi connectivity index (χ0v) is 11.1. The van der Waals surface area contributed by atoms with Crippen LogP contribution in [-0.2, 0) is 6.61 Å². The molecule has 0 bridgehead atoms. The van der Waals surface area contributed by atoms with Gasteiger partial charge in [0.2, 0.25) is 0 Å². The third kappa shape index (κ3) is 4.78. The molecule has 1 unspecified atom stereocenters. The van der Waals surface area contributed by atoms with Crippen molar-refractivity contribution in [3.8, 4) is 5.75 Å². The van der Waals surface area contributed by atoms with Crippen molar-refractivity contribution in [1.29, 1.82) is 0 Å². The van der Waals surface area contributed by atoms with Crippen molar-refractivity contribution in [2.24, 2.45) is 11.8 Å². The molecule has 0 radical (unpaired) electrons. The Morgan fingerprint density at radius 1 is 1.29 bits per heavy atom. The van der Waals surface area contributed by atoms with Crippen LogP contribution < -0.4 is 4.74 Å². The molecule has 0 saturated carbocycles. The molecule has 0 saturated heterocycles. The maximum atomic E-state index is 9.03. The number of rotatable bonds is 7. The van der Waals surface area contributed by atoms with Gasteiger partial charge in [-0.2, -0.15) is 0 Å². The molecule has 2 heteroatoms. The first-order valence-corrected chi connectivity index (χ1v) is 6.50. The molecule has 2 nitrogen and oxygen atoms in total. The predicted octanol–water partition coefficient (Wildman–Crippen LogP) is 3.63. The van der Waals surface area contributed by atoms with Crippen molar-refractivity contribution in [2.45, 2.75) is 40.2 Å². The lowest BCUT2D eigenvalue weighted by Crippen LogP contribution is -2.12. The fourth-order valence-corrected chi connectivity index (χ4v) is 2.07. The molecule has 1 atom stereocenters. The van der Waals surface area contributed by atoms with Gasteiger partial charge in [0.25, 0.3) is 0 Å². The largest absolute Gasteiger partial charge is 0.494 e. The second-order valence-corrected chi connectivity index (χ2v) is 4.86. The number of hydrogen-bond acceptors (Lipinski definition) is 2. The van der Waals surface area contributed by atoms with Crippen LogP contribution in [0.2, 0.25) is 0 Å². The lowest BCUT2D eigenvalue weighted by molar-refractivity contribution is 0.243. The molecule has 0 fully saturated rings. The van der Waals surface area contributed by atoms with Gasteiger partial charge in [-0.15, -0.1) is 0 Å². The van der Waals surface area contributed by atoms with Gasteiger partial charge in [0, 0.05) is 0 Å². The van der Waals surface area contributed by atoms with E-state index in [0.717, 1.165) is 30.3 Å². The van der Waals surface area contributed by atoms with Crippen molar-refractivity contribution in [2.75, 3.05) is 6.61 Å². The third-order valence-corrected chi connectivity index (χ3v) is 3.31. The highest BCUT2D eigenvalue weighted by Crippen LogP contribution is 2.20. The fraction of sp³-hybridized carbons (Fsp3) is 0.600. The Labute approximate surface area is 105 Å². The van der Waals surface area contributed by atoms with Gasteiger partial charge in [-0.1, -0.05) is 39.3 Å². The second kappa shape index (κ2) is 7.33. The Bertz CT molecular complexity index is 320. The van der Waals surface area contributed by atoms with Crippen LogP contribution in [0.15, 0.2) is 24.3 Å². The normalized spacial score (nSPS) is 12.8. The van der Waals surface area contributed by atoms with Gasteiger partial charge in [-0.05, 0) is 36.0 Å². The van der Waals surface area contributed by atoms with Gasteiger partial charge in [0.15, 0.2) is 0 Å². The first-order chi connectivity index (χ1) is 8.17. The SMILES string of the molecule is CCC(CCOc1cccc(CO)c1)C(C)C. The summed E-state index contributed by atoms with van der Waals surface area (Å²) in [5.74, 6) is 2.30. The number of aliphatic hydroxyl groups is 1. The van der Waals surface area contributed by atoms with Gasteiger partial charge in [-0.3, -0.25) is 0 Å².